The molecule has 0 saturated carbocycles. The zero-order chi connectivity index (χ0) is 14.8. The molecule has 0 heterocycles. The topological polar surface area (TPSA) is 12.0 Å². The highest BCUT2D eigenvalue weighted by Gasteiger charge is 2.23. The number of rotatable bonds is 4. The molecule has 0 amide bonds. The summed E-state index contributed by atoms with van der Waals surface area (Å²) in [4.78, 5) is 0. The zero-order valence-corrected chi connectivity index (χ0v) is 14.3. The molecule has 1 N–H and O–H groups in total. The summed E-state index contributed by atoms with van der Waals surface area (Å²) in [6, 6.07) is 16.6. The Morgan fingerprint density at radius 2 is 1.65 bits per heavy atom. The molecule has 1 atom stereocenters. The largest absolute Gasteiger partial charge is 0.301 e. The van der Waals surface area contributed by atoms with E-state index >= 15 is 0 Å². The minimum atomic E-state index is -0.126. The smallest absolute Gasteiger partial charge is 0.0453 e. The third kappa shape index (κ3) is 3.63. The van der Waals surface area contributed by atoms with Crippen molar-refractivity contribution in [1.82, 2.24) is 5.32 Å². The van der Waals surface area contributed by atoms with Crippen LogP contribution in [0.3, 0.4) is 0 Å². The van der Waals surface area contributed by atoms with Crippen LogP contribution in [0.15, 0.2) is 53.0 Å². The van der Waals surface area contributed by atoms with Crippen LogP contribution in [0.2, 0.25) is 5.02 Å². The Hall–Kier alpha value is -0.830. The highest BCUT2D eigenvalue weighted by Crippen LogP contribution is 2.28. The van der Waals surface area contributed by atoms with Crippen molar-refractivity contribution in [3.8, 4) is 0 Å². The highest BCUT2D eigenvalue weighted by molar-refractivity contribution is 9.10. The van der Waals surface area contributed by atoms with Crippen molar-refractivity contribution >= 4 is 27.5 Å². The molecule has 20 heavy (non-hydrogen) atoms. The van der Waals surface area contributed by atoms with Crippen LogP contribution in [0.1, 0.15) is 37.9 Å². The quantitative estimate of drug-likeness (QED) is 0.745. The van der Waals surface area contributed by atoms with Gasteiger partial charge >= 0.3 is 0 Å². The van der Waals surface area contributed by atoms with E-state index in [1.165, 1.54) is 5.56 Å². The van der Waals surface area contributed by atoms with Gasteiger partial charge in [-0.3, -0.25) is 0 Å². The average Bonchev–Trinajstić information content (AvgIpc) is 2.39. The van der Waals surface area contributed by atoms with Gasteiger partial charge < -0.3 is 5.32 Å². The molecule has 0 fully saturated rings. The van der Waals surface area contributed by atoms with Crippen LogP contribution in [-0.4, -0.2) is 0 Å². The molecule has 2 aromatic rings. The third-order valence-electron chi connectivity index (χ3n) is 3.51. The molecule has 106 valence electrons. The Balaban J connectivity index is 2.19. The van der Waals surface area contributed by atoms with Gasteiger partial charge in [-0.15, -0.1) is 0 Å². The number of hydrogen-bond donors (Lipinski definition) is 1. The minimum absolute atomic E-state index is 0.126. The Bertz CT molecular complexity index is 578. The first-order valence-corrected chi connectivity index (χ1v) is 7.85. The summed E-state index contributed by atoms with van der Waals surface area (Å²) in [6.45, 7) is 6.51. The molecule has 0 bridgehead atoms. The molecule has 0 aromatic heterocycles. The summed E-state index contributed by atoms with van der Waals surface area (Å²) in [6.07, 6.45) is 0. The van der Waals surface area contributed by atoms with Gasteiger partial charge in [-0.2, -0.15) is 0 Å². The zero-order valence-electron chi connectivity index (χ0n) is 12.0. The molecule has 0 radical (unpaired) electrons. The van der Waals surface area contributed by atoms with E-state index < -0.39 is 0 Å². The average molecular weight is 353 g/mol. The van der Waals surface area contributed by atoms with Crippen LogP contribution in [-0.2, 0) is 5.54 Å². The van der Waals surface area contributed by atoms with Gasteiger partial charge in [-0.05, 0) is 50.1 Å². The molecule has 0 aliphatic carbocycles. The molecule has 0 spiro atoms. The van der Waals surface area contributed by atoms with Crippen LogP contribution in [0.25, 0.3) is 0 Å². The molecule has 3 heteroatoms. The van der Waals surface area contributed by atoms with E-state index in [0.29, 0.717) is 0 Å². The van der Waals surface area contributed by atoms with Crippen LogP contribution in [0.4, 0.5) is 0 Å². The molecule has 0 saturated heterocycles. The van der Waals surface area contributed by atoms with E-state index in [1.54, 1.807) is 0 Å². The first kappa shape index (κ1) is 15.6. The molecule has 1 unspecified atom stereocenters. The normalized spacial score (nSPS) is 13.2. The Morgan fingerprint density at radius 3 is 2.25 bits per heavy atom. The standard InChI is InChI=1S/C17H19BrClN/c1-12(15-6-4-5-7-16(15)19)20-17(2,3)13-8-10-14(18)11-9-13/h4-12,20H,1-3H3. The fourth-order valence-corrected chi connectivity index (χ4v) is 2.96. The lowest BCUT2D eigenvalue weighted by molar-refractivity contribution is 0.357. The second-order valence-corrected chi connectivity index (χ2v) is 6.84. The summed E-state index contributed by atoms with van der Waals surface area (Å²) in [5, 5.41) is 4.45. The number of hydrogen-bond acceptors (Lipinski definition) is 1. The van der Waals surface area contributed by atoms with Crippen molar-refractivity contribution in [3.63, 3.8) is 0 Å². The predicted octanol–water partition coefficient (Wildman–Crippen LogP) is 5.69. The van der Waals surface area contributed by atoms with Crippen molar-refractivity contribution in [3.05, 3.63) is 69.2 Å². The van der Waals surface area contributed by atoms with E-state index in [1.807, 2.05) is 18.2 Å². The maximum absolute atomic E-state index is 6.27. The van der Waals surface area contributed by atoms with Crippen molar-refractivity contribution in [1.29, 1.82) is 0 Å². The fraction of sp³-hybridized carbons (Fsp3) is 0.294. The van der Waals surface area contributed by atoms with Gasteiger partial charge in [0.05, 0.1) is 0 Å². The number of halogens is 2. The fourth-order valence-electron chi connectivity index (χ4n) is 2.40. The minimum Gasteiger partial charge on any atom is -0.301 e. The van der Waals surface area contributed by atoms with Crippen molar-refractivity contribution in [2.75, 3.05) is 0 Å². The molecule has 1 nitrogen and oxygen atoms in total. The Labute approximate surface area is 134 Å². The SMILES string of the molecule is CC(NC(C)(C)c1ccc(Br)cc1)c1ccccc1Cl. The lowest BCUT2D eigenvalue weighted by Gasteiger charge is -2.31. The monoisotopic (exact) mass is 351 g/mol. The van der Waals surface area contributed by atoms with Crippen molar-refractivity contribution in [2.45, 2.75) is 32.4 Å². The first-order chi connectivity index (χ1) is 9.40. The lowest BCUT2D eigenvalue weighted by atomic mass is 9.92. The molecule has 0 aliphatic heterocycles. The Kier molecular flexibility index (Phi) is 4.90. The highest BCUT2D eigenvalue weighted by atomic mass is 79.9. The predicted molar refractivity (Wildman–Crippen MR) is 90.2 cm³/mol. The maximum Gasteiger partial charge on any atom is 0.0453 e. The van der Waals surface area contributed by atoms with Gasteiger partial charge in [0.25, 0.3) is 0 Å². The molecule has 2 rings (SSSR count). The summed E-state index contributed by atoms with van der Waals surface area (Å²) >= 11 is 9.74. The summed E-state index contributed by atoms with van der Waals surface area (Å²) in [7, 11) is 0. The Morgan fingerprint density at radius 1 is 1.05 bits per heavy atom. The summed E-state index contributed by atoms with van der Waals surface area (Å²) in [5.41, 5.74) is 2.25. The lowest BCUT2D eigenvalue weighted by Crippen LogP contribution is -2.38. The molecule has 2 aromatic carbocycles. The molecular formula is C17H19BrClN. The summed E-state index contributed by atoms with van der Waals surface area (Å²) in [5.74, 6) is 0. The van der Waals surface area contributed by atoms with Crippen molar-refractivity contribution in [2.24, 2.45) is 0 Å². The van der Waals surface area contributed by atoms with Gasteiger partial charge in [-0.1, -0.05) is 57.9 Å². The third-order valence-corrected chi connectivity index (χ3v) is 4.39. The summed E-state index contributed by atoms with van der Waals surface area (Å²) < 4.78 is 1.09. The van der Waals surface area contributed by atoms with E-state index in [-0.39, 0.29) is 11.6 Å². The molecular weight excluding hydrogens is 334 g/mol. The second kappa shape index (κ2) is 6.30. The van der Waals surface area contributed by atoms with E-state index in [4.69, 9.17) is 11.6 Å². The first-order valence-electron chi connectivity index (χ1n) is 6.68. The van der Waals surface area contributed by atoms with Gasteiger partial charge in [-0.25, -0.2) is 0 Å². The van der Waals surface area contributed by atoms with Gasteiger partial charge in [0, 0.05) is 21.1 Å². The van der Waals surface area contributed by atoms with Gasteiger partial charge in [0.15, 0.2) is 0 Å². The number of nitrogens with one attached hydrogen (secondary N) is 1. The van der Waals surface area contributed by atoms with Crippen LogP contribution < -0.4 is 5.32 Å². The van der Waals surface area contributed by atoms with Crippen LogP contribution in [0, 0.1) is 0 Å². The maximum atomic E-state index is 6.27. The van der Waals surface area contributed by atoms with Crippen molar-refractivity contribution < 1.29 is 0 Å². The second-order valence-electron chi connectivity index (χ2n) is 5.52. The van der Waals surface area contributed by atoms with E-state index in [0.717, 1.165) is 15.1 Å². The number of benzene rings is 2. The molecule has 0 aliphatic rings. The van der Waals surface area contributed by atoms with Crippen LogP contribution >= 0.6 is 27.5 Å². The van der Waals surface area contributed by atoms with E-state index in [9.17, 15) is 0 Å². The van der Waals surface area contributed by atoms with Gasteiger partial charge in [0.2, 0.25) is 0 Å². The van der Waals surface area contributed by atoms with E-state index in [2.05, 4.69) is 72.3 Å². The van der Waals surface area contributed by atoms with Gasteiger partial charge in [0.1, 0.15) is 0 Å². The van der Waals surface area contributed by atoms with Crippen LogP contribution in [0.5, 0.6) is 0 Å².